The van der Waals surface area contributed by atoms with Crippen LogP contribution < -0.4 is 0 Å². The Morgan fingerprint density at radius 3 is 2.82 bits per heavy atom. The molecule has 0 N–H and O–H groups in total. The second kappa shape index (κ2) is 4.25. The van der Waals surface area contributed by atoms with Gasteiger partial charge in [0.15, 0.2) is 5.82 Å². The molecule has 88 valence electrons. The Morgan fingerprint density at radius 2 is 2.12 bits per heavy atom. The topological polar surface area (TPSA) is 46.8 Å². The van der Waals surface area contributed by atoms with Gasteiger partial charge in [0.25, 0.3) is 0 Å². The van der Waals surface area contributed by atoms with Gasteiger partial charge in [0.2, 0.25) is 0 Å². The molecule has 1 atom stereocenters. The van der Waals surface area contributed by atoms with Crippen molar-refractivity contribution in [2.24, 2.45) is 0 Å². The molecule has 3 rings (SSSR count). The van der Waals surface area contributed by atoms with Gasteiger partial charge < -0.3 is 0 Å². The van der Waals surface area contributed by atoms with Crippen LogP contribution in [0.5, 0.6) is 0 Å². The van der Waals surface area contributed by atoms with Gasteiger partial charge >= 0.3 is 0 Å². The minimum absolute atomic E-state index is 0.376. The van der Waals surface area contributed by atoms with E-state index in [1.165, 1.54) is 6.42 Å². The third-order valence-corrected chi connectivity index (χ3v) is 3.29. The molecule has 0 radical (unpaired) electrons. The average molecular weight is 229 g/mol. The van der Waals surface area contributed by atoms with E-state index in [9.17, 15) is 0 Å². The SMILES string of the molecule is CN1CCC[C@@H]1c1nccnc1-n1ccnc1. The van der Waals surface area contributed by atoms with E-state index >= 15 is 0 Å². The highest BCUT2D eigenvalue weighted by atomic mass is 15.2. The second-order valence-electron chi connectivity index (χ2n) is 4.37. The van der Waals surface area contributed by atoms with Crippen LogP contribution in [0.2, 0.25) is 0 Å². The van der Waals surface area contributed by atoms with Crippen LogP contribution in [0.15, 0.2) is 31.1 Å². The van der Waals surface area contributed by atoms with Crippen LogP contribution in [0.4, 0.5) is 0 Å². The molecule has 0 bridgehead atoms. The molecule has 5 heteroatoms. The van der Waals surface area contributed by atoms with Gasteiger partial charge in [-0.2, -0.15) is 0 Å². The van der Waals surface area contributed by atoms with Crippen molar-refractivity contribution >= 4 is 0 Å². The Kier molecular flexibility index (Phi) is 2.60. The van der Waals surface area contributed by atoms with Crippen molar-refractivity contribution < 1.29 is 0 Å². The van der Waals surface area contributed by atoms with Gasteiger partial charge in [0.1, 0.15) is 12.0 Å². The number of nitrogens with zero attached hydrogens (tertiary/aromatic N) is 5. The number of imidazole rings is 1. The zero-order valence-electron chi connectivity index (χ0n) is 9.82. The molecule has 1 aliphatic heterocycles. The Balaban J connectivity index is 2.05. The van der Waals surface area contributed by atoms with Gasteiger partial charge in [-0.25, -0.2) is 9.97 Å². The molecule has 0 unspecified atom stereocenters. The molecule has 3 heterocycles. The Morgan fingerprint density at radius 1 is 1.24 bits per heavy atom. The van der Waals surface area contributed by atoms with E-state index in [1.54, 1.807) is 24.9 Å². The van der Waals surface area contributed by atoms with E-state index in [1.807, 2.05) is 10.8 Å². The number of rotatable bonds is 2. The molecule has 0 aromatic carbocycles. The van der Waals surface area contributed by atoms with Crippen LogP contribution in [0.1, 0.15) is 24.6 Å². The first-order valence-corrected chi connectivity index (χ1v) is 5.86. The Bertz CT molecular complexity index is 493. The number of likely N-dealkylation sites (tertiary alicyclic amines) is 1. The van der Waals surface area contributed by atoms with Gasteiger partial charge in [0, 0.05) is 24.8 Å². The highest BCUT2D eigenvalue weighted by Crippen LogP contribution is 2.31. The van der Waals surface area contributed by atoms with Gasteiger partial charge in [0.05, 0.1) is 6.04 Å². The summed E-state index contributed by atoms with van der Waals surface area (Å²) in [6.07, 6.45) is 11.3. The first kappa shape index (κ1) is 10.4. The highest BCUT2D eigenvalue weighted by molar-refractivity contribution is 5.30. The molecule has 17 heavy (non-hydrogen) atoms. The van der Waals surface area contributed by atoms with Crippen molar-refractivity contribution in [3.63, 3.8) is 0 Å². The quantitative estimate of drug-likeness (QED) is 0.781. The van der Waals surface area contributed by atoms with Gasteiger partial charge in [-0.05, 0) is 26.4 Å². The second-order valence-corrected chi connectivity index (χ2v) is 4.37. The fourth-order valence-electron chi connectivity index (χ4n) is 2.42. The average Bonchev–Trinajstić information content (AvgIpc) is 3.00. The van der Waals surface area contributed by atoms with Crippen LogP contribution in [0.3, 0.4) is 0 Å². The lowest BCUT2D eigenvalue weighted by atomic mass is 10.1. The van der Waals surface area contributed by atoms with Crippen LogP contribution in [-0.4, -0.2) is 38.0 Å². The smallest absolute Gasteiger partial charge is 0.161 e. The fraction of sp³-hybridized carbons (Fsp3) is 0.417. The summed E-state index contributed by atoms with van der Waals surface area (Å²) in [6.45, 7) is 1.13. The number of aromatic nitrogens is 4. The first-order valence-electron chi connectivity index (χ1n) is 5.86. The lowest BCUT2D eigenvalue weighted by molar-refractivity contribution is 0.310. The third kappa shape index (κ3) is 1.82. The predicted octanol–water partition coefficient (Wildman–Crippen LogP) is 1.43. The number of hydrogen-bond donors (Lipinski definition) is 0. The van der Waals surface area contributed by atoms with Gasteiger partial charge in [-0.1, -0.05) is 0 Å². The van der Waals surface area contributed by atoms with Crippen LogP contribution in [0.25, 0.3) is 5.82 Å². The predicted molar refractivity (Wildman–Crippen MR) is 63.8 cm³/mol. The van der Waals surface area contributed by atoms with Crippen LogP contribution >= 0.6 is 0 Å². The zero-order chi connectivity index (χ0) is 11.7. The summed E-state index contributed by atoms with van der Waals surface area (Å²) in [6, 6.07) is 0.376. The van der Waals surface area contributed by atoms with E-state index in [2.05, 4.69) is 26.9 Å². The molecule has 0 spiro atoms. The maximum atomic E-state index is 4.51. The highest BCUT2D eigenvalue weighted by Gasteiger charge is 2.26. The van der Waals surface area contributed by atoms with E-state index in [0.29, 0.717) is 6.04 Å². The van der Waals surface area contributed by atoms with Crippen molar-refractivity contribution in [3.8, 4) is 5.82 Å². The van der Waals surface area contributed by atoms with E-state index in [-0.39, 0.29) is 0 Å². The summed E-state index contributed by atoms with van der Waals surface area (Å²) < 4.78 is 1.93. The summed E-state index contributed by atoms with van der Waals surface area (Å²) in [5.74, 6) is 0.892. The zero-order valence-corrected chi connectivity index (χ0v) is 9.82. The molecular formula is C12H15N5. The minimum atomic E-state index is 0.376. The van der Waals surface area contributed by atoms with Gasteiger partial charge in [-0.3, -0.25) is 14.5 Å². The Labute approximate surface area is 100 Å². The normalized spacial score (nSPS) is 20.9. The Hall–Kier alpha value is -1.75. The third-order valence-electron chi connectivity index (χ3n) is 3.29. The van der Waals surface area contributed by atoms with Crippen molar-refractivity contribution in [1.29, 1.82) is 0 Å². The summed E-state index contributed by atoms with van der Waals surface area (Å²) >= 11 is 0. The lowest BCUT2D eigenvalue weighted by Crippen LogP contribution is -2.20. The maximum absolute atomic E-state index is 4.51. The summed E-state index contributed by atoms with van der Waals surface area (Å²) in [5.41, 5.74) is 1.05. The summed E-state index contributed by atoms with van der Waals surface area (Å²) in [5, 5.41) is 0. The molecule has 2 aromatic rings. The van der Waals surface area contributed by atoms with E-state index < -0.39 is 0 Å². The molecule has 0 aliphatic carbocycles. The van der Waals surface area contributed by atoms with Crippen LogP contribution in [0, 0.1) is 0 Å². The molecular weight excluding hydrogens is 214 g/mol. The lowest BCUT2D eigenvalue weighted by Gasteiger charge is -2.20. The summed E-state index contributed by atoms with van der Waals surface area (Å²) in [7, 11) is 2.14. The molecule has 0 amide bonds. The molecule has 5 nitrogen and oxygen atoms in total. The maximum Gasteiger partial charge on any atom is 0.161 e. The molecule has 2 aromatic heterocycles. The standard InChI is InChI=1S/C12H15N5/c1-16-7-2-3-10(16)11-12(15-5-4-14-11)17-8-6-13-9-17/h4-6,8-10H,2-3,7H2,1H3/t10-/m1/s1. The van der Waals surface area contributed by atoms with Crippen LogP contribution in [-0.2, 0) is 0 Å². The monoisotopic (exact) mass is 229 g/mol. The molecule has 1 aliphatic rings. The number of hydrogen-bond acceptors (Lipinski definition) is 4. The van der Waals surface area contributed by atoms with Crippen molar-refractivity contribution in [2.45, 2.75) is 18.9 Å². The molecule has 1 fully saturated rings. The van der Waals surface area contributed by atoms with E-state index in [4.69, 9.17) is 0 Å². The minimum Gasteiger partial charge on any atom is -0.298 e. The summed E-state index contributed by atoms with van der Waals surface area (Å²) in [4.78, 5) is 15.4. The van der Waals surface area contributed by atoms with Crippen molar-refractivity contribution in [3.05, 3.63) is 36.8 Å². The van der Waals surface area contributed by atoms with Crippen molar-refractivity contribution in [1.82, 2.24) is 24.4 Å². The fourth-order valence-corrected chi connectivity index (χ4v) is 2.42. The molecule has 1 saturated heterocycles. The molecule has 0 saturated carbocycles. The largest absolute Gasteiger partial charge is 0.298 e. The van der Waals surface area contributed by atoms with Gasteiger partial charge in [-0.15, -0.1) is 0 Å². The first-order chi connectivity index (χ1) is 8.36. The van der Waals surface area contributed by atoms with E-state index in [0.717, 1.165) is 24.5 Å². The van der Waals surface area contributed by atoms with Crippen molar-refractivity contribution in [2.75, 3.05) is 13.6 Å².